The van der Waals surface area contributed by atoms with Crippen LogP contribution in [0.2, 0.25) is 0 Å². The third-order valence-corrected chi connectivity index (χ3v) is 9.26. The minimum atomic E-state index is -3.51. The van der Waals surface area contributed by atoms with E-state index in [1.54, 1.807) is 0 Å². The van der Waals surface area contributed by atoms with E-state index in [0.29, 0.717) is 23.6 Å². The Morgan fingerprint density at radius 2 is 1.22 bits per heavy atom. The number of hydrogen-bond acceptors (Lipinski definition) is 4. The number of phenolic OH excluding ortho intramolecular Hbond substituents is 1. The Morgan fingerprint density at radius 1 is 0.781 bits per heavy atom. The molecule has 4 nitrogen and oxygen atoms in total. The number of aromatic hydroxyl groups is 1. The first-order valence-electron chi connectivity index (χ1n) is 10.6. The molecule has 178 valence electrons. The van der Waals surface area contributed by atoms with E-state index in [1.807, 2.05) is 24.3 Å². The van der Waals surface area contributed by atoms with E-state index in [9.17, 15) is 14.9 Å². The maximum Gasteiger partial charge on any atom is 0.452 e. The van der Waals surface area contributed by atoms with Crippen LogP contribution in [0.15, 0.2) is 42.2 Å². The van der Waals surface area contributed by atoms with Gasteiger partial charge in [0.2, 0.25) is 5.75 Å². The summed E-state index contributed by atoms with van der Waals surface area (Å²) in [6, 6.07) is 7.65. The molecule has 2 aromatic carbocycles. The van der Waals surface area contributed by atoms with E-state index in [0.717, 1.165) is 30.4 Å². The largest absolute Gasteiger partial charge is 0.506 e. The van der Waals surface area contributed by atoms with Gasteiger partial charge in [0.05, 0.1) is 17.9 Å². The summed E-state index contributed by atoms with van der Waals surface area (Å²) in [5.41, 5.74) is 1.59. The van der Waals surface area contributed by atoms with Crippen molar-refractivity contribution in [2.45, 2.75) is 64.7 Å². The molecule has 9 heteroatoms. The molecule has 32 heavy (non-hydrogen) atoms. The van der Waals surface area contributed by atoms with Gasteiger partial charge in [-0.25, -0.2) is 0 Å². The summed E-state index contributed by atoms with van der Waals surface area (Å²) in [4.78, 5) is 21.0. The van der Waals surface area contributed by atoms with Crippen molar-refractivity contribution in [3.05, 3.63) is 53.3 Å². The second kappa shape index (κ2) is 12.3. The van der Waals surface area contributed by atoms with Crippen LogP contribution in [0.1, 0.15) is 70.4 Å². The van der Waals surface area contributed by atoms with Crippen molar-refractivity contribution in [3.63, 3.8) is 0 Å². The molecule has 0 aliphatic rings. The Hall–Kier alpha value is 0.310. The fraction of sp³-hybridized carbons (Fsp3) is 0.478. The standard InChI is InChI=1S/C23H29Br4O4P/c1-4-5-6-7-8-9-10-32(29,30)31-22-19(26)13-16(14-20(22)27)23(2,3)15-11-17(24)21(28)18(25)12-15/h11-14,29-30H,4-10H2,1-3H3/p+1. The molecule has 0 aliphatic carbocycles. The first-order chi connectivity index (χ1) is 14.9. The lowest BCUT2D eigenvalue weighted by Gasteiger charge is -2.28. The molecule has 0 aromatic heterocycles. The average Bonchev–Trinajstić information content (AvgIpc) is 2.70. The summed E-state index contributed by atoms with van der Waals surface area (Å²) in [6.45, 7) is 6.35. The van der Waals surface area contributed by atoms with E-state index in [4.69, 9.17) is 4.52 Å². The fourth-order valence-corrected chi connectivity index (χ4v) is 7.39. The van der Waals surface area contributed by atoms with Crippen LogP contribution in [0.25, 0.3) is 0 Å². The molecular weight excluding hydrogens is 691 g/mol. The van der Waals surface area contributed by atoms with E-state index in [2.05, 4.69) is 84.5 Å². The van der Waals surface area contributed by atoms with Crippen LogP contribution in [0.3, 0.4) is 0 Å². The Morgan fingerprint density at radius 3 is 1.72 bits per heavy atom. The quantitative estimate of drug-likeness (QED) is 0.160. The highest BCUT2D eigenvalue weighted by atomic mass is 79.9. The highest BCUT2D eigenvalue weighted by Crippen LogP contribution is 2.55. The van der Waals surface area contributed by atoms with Crippen molar-refractivity contribution in [2.24, 2.45) is 0 Å². The van der Waals surface area contributed by atoms with Crippen molar-refractivity contribution in [3.8, 4) is 11.5 Å². The van der Waals surface area contributed by atoms with Gasteiger partial charge in [0.25, 0.3) is 0 Å². The summed E-state index contributed by atoms with van der Waals surface area (Å²) in [7, 11) is -3.51. The topological polar surface area (TPSA) is 69.9 Å². The Kier molecular flexibility index (Phi) is 11.0. The molecule has 0 spiro atoms. The van der Waals surface area contributed by atoms with Crippen LogP contribution in [-0.2, 0) is 5.41 Å². The third kappa shape index (κ3) is 7.66. The van der Waals surface area contributed by atoms with Gasteiger partial charge in [0.1, 0.15) is 11.9 Å². The lowest BCUT2D eigenvalue weighted by molar-refractivity contribution is 0.335. The zero-order chi connectivity index (χ0) is 24.1. The van der Waals surface area contributed by atoms with Gasteiger partial charge in [-0.05, 0) is 112 Å². The number of unbranched alkanes of at least 4 members (excludes halogenated alkanes) is 5. The van der Waals surface area contributed by atoms with Crippen LogP contribution in [0, 0.1) is 0 Å². The van der Waals surface area contributed by atoms with Crippen molar-refractivity contribution < 1.29 is 19.4 Å². The number of hydrogen-bond donors (Lipinski definition) is 3. The molecule has 0 unspecified atom stereocenters. The first kappa shape index (κ1) is 28.5. The predicted octanol–water partition coefficient (Wildman–Crippen LogP) is 9.25. The van der Waals surface area contributed by atoms with E-state index >= 15 is 0 Å². The minimum Gasteiger partial charge on any atom is -0.506 e. The van der Waals surface area contributed by atoms with Crippen molar-refractivity contribution in [1.82, 2.24) is 0 Å². The number of halogens is 4. The van der Waals surface area contributed by atoms with Crippen LogP contribution < -0.4 is 4.52 Å². The van der Waals surface area contributed by atoms with E-state index < -0.39 is 13.4 Å². The van der Waals surface area contributed by atoms with Crippen molar-refractivity contribution in [2.75, 3.05) is 6.16 Å². The van der Waals surface area contributed by atoms with Gasteiger partial charge in [0, 0.05) is 5.41 Å². The molecule has 2 aromatic rings. The first-order valence-corrected chi connectivity index (χ1v) is 15.6. The monoisotopic (exact) mass is 717 g/mol. The van der Waals surface area contributed by atoms with Crippen molar-refractivity contribution in [1.29, 1.82) is 0 Å². The molecule has 0 aliphatic heterocycles. The van der Waals surface area contributed by atoms with Gasteiger partial charge < -0.3 is 5.11 Å². The zero-order valence-electron chi connectivity index (χ0n) is 18.5. The summed E-state index contributed by atoms with van der Waals surface area (Å²) in [5.74, 6) is 0.550. The Balaban J connectivity index is 2.19. The molecule has 2 rings (SSSR count). The average molecular weight is 721 g/mol. The van der Waals surface area contributed by atoms with Crippen molar-refractivity contribution >= 4 is 71.7 Å². The zero-order valence-corrected chi connectivity index (χ0v) is 25.7. The fourth-order valence-electron chi connectivity index (χ4n) is 3.39. The normalized spacial score (nSPS) is 12.3. The molecule has 0 heterocycles. The molecule has 0 radical (unpaired) electrons. The summed E-state index contributed by atoms with van der Waals surface area (Å²) >= 11 is 13.9. The van der Waals surface area contributed by atoms with E-state index in [1.165, 1.54) is 19.3 Å². The molecule has 0 saturated heterocycles. The highest BCUT2D eigenvalue weighted by molar-refractivity contribution is 9.11. The number of phenols is 1. The molecule has 0 saturated carbocycles. The summed E-state index contributed by atoms with van der Waals surface area (Å²) < 4.78 is 8.20. The predicted molar refractivity (Wildman–Crippen MR) is 148 cm³/mol. The Labute approximate surface area is 225 Å². The van der Waals surface area contributed by atoms with Crippen LogP contribution in [0.5, 0.6) is 11.5 Å². The SMILES string of the molecule is CCCCCCCC[P+](O)(O)Oc1c(Br)cc(C(C)(C)c2cc(Br)c(O)c(Br)c2)cc1Br. The molecule has 0 fully saturated rings. The van der Waals surface area contributed by atoms with Crippen LogP contribution >= 0.6 is 71.7 Å². The lowest BCUT2D eigenvalue weighted by atomic mass is 9.78. The Bertz CT molecular complexity index is 888. The van der Waals surface area contributed by atoms with Crippen LogP contribution in [-0.4, -0.2) is 21.1 Å². The number of rotatable bonds is 11. The van der Waals surface area contributed by atoms with Crippen LogP contribution in [0.4, 0.5) is 0 Å². The summed E-state index contributed by atoms with van der Waals surface area (Å²) in [6.07, 6.45) is 6.65. The van der Waals surface area contributed by atoms with Gasteiger partial charge >= 0.3 is 7.94 Å². The second-order valence-corrected chi connectivity index (χ2v) is 13.8. The molecule has 0 atom stereocenters. The minimum absolute atomic E-state index is 0.159. The molecule has 0 bridgehead atoms. The van der Waals surface area contributed by atoms with Gasteiger partial charge in [-0.15, -0.1) is 0 Å². The highest BCUT2D eigenvalue weighted by Gasteiger charge is 2.38. The maximum atomic E-state index is 10.5. The van der Waals surface area contributed by atoms with Gasteiger partial charge in [0.15, 0.2) is 0 Å². The lowest BCUT2D eigenvalue weighted by Crippen LogP contribution is -2.19. The van der Waals surface area contributed by atoms with Gasteiger partial charge in [-0.3, -0.25) is 4.52 Å². The van der Waals surface area contributed by atoms with E-state index in [-0.39, 0.29) is 11.9 Å². The molecular formula is C23H30Br4O4P+. The second-order valence-electron chi connectivity index (χ2n) is 8.43. The molecule has 0 amide bonds. The third-order valence-electron chi connectivity index (χ3n) is 5.50. The maximum absolute atomic E-state index is 10.5. The summed E-state index contributed by atoms with van der Waals surface area (Å²) in [5, 5.41) is 10.0. The smallest absolute Gasteiger partial charge is 0.452 e. The number of benzene rings is 2. The molecule has 3 N–H and O–H groups in total. The van der Waals surface area contributed by atoms with Gasteiger partial charge in [-0.2, -0.15) is 9.79 Å². The van der Waals surface area contributed by atoms with Gasteiger partial charge in [-0.1, -0.05) is 46.5 Å².